The summed E-state index contributed by atoms with van der Waals surface area (Å²) in [4.78, 5) is 17.6. The molecule has 0 aliphatic carbocycles. The third-order valence-corrected chi connectivity index (χ3v) is 1.86. The summed E-state index contributed by atoms with van der Waals surface area (Å²) < 4.78 is 0.449. The van der Waals surface area contributed by atoms with Gasteiger partial charge in [0.1, 0.15) is 4.47 Å². The summed E-state index contributed by atoms with van der Waals surface area (Å²) in [7, 11) is 0. The van der Waals surface area contributed by atoms with Gasteiger partial charge in [-0.3, -0.25) is 9.78 Å². The van der Waals surface area contributed by atoms with Gasteiger partial charge in [-0.05, 0) is 22.4 Å². The van der Waals surface area contributed by atoms with Gasteiger partial charge in [0.15, 0.2) is 0 Å². The van der Waals surface area contributed by atoms with E-state index in [4.69, 9.17) is 0 Å². The Bertz CT molecular complexity index is 310. The molecule has 0 bridgehead atoms. The molecule has 0 aliphatic rings. The fraction of sp³-hybridized carbons (Fsp3) is 0.429. The van der Waals surface area contributed by atoms with E-state index >= 15 is 0 Å². The second-order valence-corrected chi connectivity index (χ2v) is 3.19. The van der Waals surface area contributed by atoms with Crippen molar-refractivity contribution in [2.75, 3.05) is 11.9 Å². The Morgan fingerprint density at radius 1 is 1.75 bits per heavy atom. The first-order chi connectivity index (χ1) is 5.74. The van der Waals surface area contributed by atoms with Gasteiger partial charge in [-0.1, -0.05) is 6.92 Å². The monoisotopic (exact) mass is 231 g/mol. The van der Waals surface area contributed by atoms with Crippen LogP contribution >= 0.6 is 15.9 Å². The summed E-state index contributed by atoms with van der Waals surface area (Å²) in [6.45, 7) is 2.86. The van der Waals surface area contributed by atoms with Crippen molar-refractivity contribution in [1.82, 2.24) is 9.97 Å². The fourth-order valence-electron chi connectivity index (χ4n) is 0.713. The minimum absolute atomic E-state index is 0.163. The molecule has 2 N–H and O–H groups in total. The quantitative estimate of drug-likeness (QED) is 0.827. The maximum atomic E-state index is 11.0. The molecule has 0 radical (unpaired) electrons. The predicted molar refractivity (Wildman–Crippen MR) is 51.3 cm³/mol. The first kappa shape index (κ1) is 9.25. The van der Waals surface area contributed by atoms with Crippen LogP contribution in [-0.4, -0.2) is 16.5 Å². The largest absolute Gasteiger partial charge is 0.356 e. The molecule has 0 aliphatic heterocycles. The molecule has 0 fully saturated rings. The average molecular weight is 232 g/mol. The molecule has 1 rings (SSSR count). The van der Waals surface area contributed by atoms with E-state index in [0.717, 1.165) is 13.0 Å². The molecular weight excluding hydrogens is 222 g/mol. The van der Waals surface area contributed by atoms with Crippen LogP contribution in [0.3, 0.4) is 0 Å². The first-order valence-electron chi connectivity index (χ1n) is 3.72. The van der Waals surface area contributed by atoms with Gasteiger partial charge in [-0.15, -0.1) is 0 Å². The molecule has 1 aromatic rings. The van der Waals surface area contributed by atoms with Crippen LogP contribution in [-0.2, 0) is 0 Å². The Morgan fingerprint density at radius 2 is 2.50 bits per heavy atom. The summed E-state index contributed by atoms with van der Waals surface area (Å²) in [6, 6.07) is 0. The zero-order valence-corrected chi connectivity index (χ0v) is 8.31. The van der Waals surface area contributed by atoms with Crippen molar-refractivity contribution in [1.29, 1.82) is 0 Å². The van der Waals surface area contributed by atoms with Crippen LogP contribution < -0.4 is 10.9 Å². The lowest BCUT2D eigenvalue weighted by atomic mass is 10.5. The van der Waals surface area contributed by atoms with Crippen LogP contribution in [0.1, 0.15) is 13.3 Å². The molecule has 0 unspecified atom stereocenters. The number of aromatic amines is 1. The summed E-state index contributed by atoms with van der Waals surface area (Å²) in [5.74, 6) is 0.519. The van der Waals surface area contributed by atoms with E-state index in [1.54, 1.807) is 0 Å². The van der Waals surface area contributed by atoms with Crippen molar-refractivity contribution in [3.05, 3.63) is 21.0 Å². The van der Waals surface area contributed by atoms with Crippen LogP contribution in [0.25, 0.3) is 0 Å². The van der Waals surface area contributed by atoms with Gasteiger partial charge in [0.25, 0.3) is 5.56 Å². The van der Waals surface area contributed by atoms with Crippen LogP contribution in [0.2, 0.25) is 0 Å². The van der Waals surface area contributed by atoms with Crippen molar-refractivity contribution in [3.63, 3.8) is 0 Å². The highest BCUT2D eigenvalue weighted by Crippen LogP contribution is 2.00. The van der Waals surface area contributed by atoms with Gasteiger partial charge < -0.3 is 5.32 Å². The number of hydrogen-bond donors (Lipinski definition) is 2. The average Bonchev–Trinajstić information content (AvgIpc) is 2.07. The Kier molecular flexibility index (Phi) is 3.28. The van der Waals surface area contributed by atoms with Crippen LogP contribution in [0.15, 0.2) is 15.5 Å². The minimum atomic E-state index is -0.163. The SMILES string of the molecule is CCCNc1ncc(Br)c(=O)[nH]1. The number of nitrogens with one attached hydrogen (secondary N) is 2. The maximum absolute atomic E-state index is 11.0. The lowest BCUT2D eigenvalue weighted by molar-refractivity contribution is 0.945. The standard InChI is InChI=1S/C7H10BrN3O/c1-2-3-9-7-10-4-5(8)6(12)11-7/h4H,2-3H2,1H3,(H2,9,10,11,12). The molecular formula is C7H10BrN3O. The Balaban J connectivity index is 2.76. The third-order valence-electron chi connectivity index (χ3n) is 1.30. The fourth-order valence-corrected chi connectivity index (χ4v) is 0.914. The van der Waals surface area contributed by atoms with Gasteiger partial charge >= 0.3 is 0 Å². The van der Waals surface area contributed by atoms with Gasteiger partial charge in [0, 0.05) is 6.54 Å². The Labute approximate surface area is 78.5 Å². The maximum Gasteiger partial charge on any atom is 0.266 e. The molecule has 5 heteroatoms. The number of H-pyrrole nitrogens is 1. The highest BCUT2D eigenvalue weighted by atomic mass is 79.9. The van der Waals surface area contributed by atoms with Crippen LogP contribution in [0, 0.1) is 0 Å². The lowest BCUT2D eigenvalue weighted by Crippen LogP contribution is -2.13. The van der Waals surface area contributed by atoms with Gasteiger partial charge in [-0.25, -0.2) is 4.98 Å². The molecule has 0 atom stereocenters. The van der Waals surface area contributed by atoms with Crippen molar-refractivity contribution in [2.24, 2.45) is 0 Å². The molecule has 0 amide bonds. The number of anilines is 1. The van der Waals surface area contributed by atoms with Crippen molar-refractivity contribution >= 4 is 21.9 Å². The first-order valence-corrected chi connectivity index (χ1v) is 4.52. The molecule has 1 aromatic heterocycles. The lowest BCUT2D eigenvalue weighted by Gasteiger charge is -2.01. The Morgan fingerprint density at radius 3 is 3.08 bits per heavy atom. The van der Waals surface area contributed by atoms with Crippen molar-refractivity contribution in [2.45, 2.75) is 13.3 Å². The molecule has 66 valence electrons. The van der Waals surface area contributed by atoms with E-state index in [1.165, 1.54) is 6.20 Å². The highest BCUT2D eigenvalue weighted by Gasteiger charge is 1.96. The van der Waals surface area contributed by atoms with E-state index < -0.39 is 0 Å². The van der Waals surface area contributed by atoms with Gasteiger partial charge in [0.2, 0.25) is 5.95 Å². The summed E-state index contributed by atoms with van der Waals surface area (Å²) in [5, 5.41) is 2.97. The smallest absolute Gasteiger partial charge is 0.266 e. The summed E-state index contributed by atoms with van der Waals surface area (Å²) >= 11 is 3.06. The van der Waals surface area contributed by atoms with Gasteiger partial charge in [0.05, 0.1) is 6.20 Å². The molecule has 12 heavy (non-hydrogen) atoms. The molecule has 0 saturated heterocycles. The van der Waals surface area contributed by atoms with Crippen molar-refractivity contribution < 1.29 is 0 Å². The third kappa shape index (κ3) is 2.34. The van der Waals surface area contributed by atoms with E-state index in [2.05, 4.69) is 31.2 Å². The highest BCUT2D eigenvalue weighted by molar-refractivity contribution is 9.10. The van der Waals surface area contributed by atoms with Crippen molar-refractivity contribution in [3.8, 4) is 0 Å². The molecule has 0 aromatic carbocycles. The van der Waals surface area contributed by atoms with E-state index in [0.29, 0.717) is 10.4 Å². The zero-order valence-electron chi connectivity index (χ0n) is 6.72. The second-order valence-electron chi connectivity index (χ2n) is 2.34. The van der Waals surface area contributed by atoms with E-state index in [-0.39, 0.29) is 5.56 Å². The van der Waals surface area contributed by atoms with Gasteiger partial charge in [-0.2, -0.15) is 0 Å². The summed E-state index contributed by atoms with van der Waals surface area (Å²) in [5.41, 5.74) is -0.163. The molecule has 1 heterocycles. The minimum Gasteiger partial charge on any atom is -0.356 e. The second kappa shape index (κ2) is 4.25. The number of halogens is 1. The number of aromatic nitrogens is 2. The van der Waals surface area contributed by atoms with E-state index in [9.17, 15) is 4.79 Å². The number of nitrogens with zero attached hydrogens (tertiary/aromatic N) is 1. The normalized spacial score (nSPS) is 9.83. The summed E-state index contributed by atoms with van der Waals surface area (Å²) in [6.07, 6.45) is 2.48. The Hall–Kier alpha value is -0.840. The van der Waals surface area contributed by atoms with E-state index in [1.807, 2.05) is 6.92 Å². The topological polar surface area (TPSA) is 57.8 Å². The van der Waals surface area contributed by atoms with Crippen LogP contribution in [0.4, 0.5) is 5.95 Å². The number of hydrogen-bond acceptors (Lipinski definition) is 3. The molecule has 4 nitrogen and oxygen atoms in total. The number of rotatable bonds is 3. The van der Waals surface area contributed by atoms with Crippen LogP contribution in [0.5, 0.6) is 0 Å². The predicted octanol–water partition coefficient (Wildman–Crippen LogP) is 1.35. The molecule has 0 spiro atoms. The zero-order chi connectivity index (χ0) is 8.97. The molecule has 0 saturated carbocycles.